The number of halogens is 1. The smallest absolute Gasteiger partial charge is 0.413 e. The highest BCUT2D eigenvalue weighted by Crippen LogP contribution is 2.59. The first-order valence-electron chi connectivity index (χ1n) is 16.9. The second-order valence-electron chi connectivity index (χ2n) is 13.8. The third kappa shape index (κ3) is 10.1. The molecule has 1 saturated heterocycles. The molecule has 0 radical (unpaired) electrons. The van der Waals surface area contributed by atoms with Gasteiger partial charge in [-0.15, -0.1) is 11.3 Å². The largest absolute Gasteiger partial charge is 0.457 e. The molecule has 1 aromatic heterocycles. The first-order valence-corrected chi connectivity index (χ1v) is 17.8. The molecule has 1 aliphatic heterocycles. The number of piperidine rings is 1. The van der Waals surface area contributed by atoms with Crippen LogP contribution in [0.4, 0.5) is 9.18 Å². The van der Waals surface area contributed by atoms with E-state index in [0.717, 1.165) is 4.88 Å². The van der Waals surface area contributed by atoms with E-state index in [1.807, 2.05) is 0 Å². The van der Waals surface area contributed by atoms with Crippen molar-refractivity contribution in [1.82, 2.24) is 20.9 Å². The maximum Gasteiger partial charge on any atom is 0.413 e. The van der Waals surface area contributed by atoms with Crippen molar-refractivity contribution in [2.75, 3.05) is 26.3 Å². The Hall–Kier alpha value is -5.51. The lowest BCUT2D eigenvalue weighted by Crippen LogP contribution is -2.51. The summed E-state index contributed by atoms with van der Waals surface area (Å²) in [5, 5.41) is 21.5. The van der Waals surface area contributed by atoms with Crippen LogP contribution in [0.1, 0.15) is 67.4 Å². The molecule has 53 heavy (non-hydrogen) atoms. The van der Waals surface area contributed by atoms with Gasteiger partial charge in [-0.25, -0.2) is 9.18 Å². The van der Waals surface area contributed by atoms with Gasteiger partial charge in [0.1, 0.15) is 34.8 Å². The number of nitrogens with one attached hydrogen (secondary N) is 4. The highest BCUT2D eigenvalue weighted by Gasteiger charge is 2.67. The fourth-order valence-corrected chi connectivity index (χ4v) is 6.98. The average Bonchev–Trinajstić information content (AvgIpc) is 3.42. The molecule has 4 atom stereocenters. The van der Waals surface area contributed by atoms with Crippen LogP contribution in [0, 0.1) is 16.6 Å². The number of carbonyl (C=O) groups is 4. The number of thiophene rings is 1. The number of hydrogen-bond donors (Lipinski definition) is 4. The molecule has 2 aliphatic rings. The lowest BCUT2D eigenvalue weighted by molar-refractivity contribution is -0.139. The molecule has 280 valence electrons. The zero-order valence-electron chi connectivity index (χ0n) is 29.7. The lowest BCUT2D eigenvalue weighted by Gasteiger charge is -2.28. The summed E-state index contributed by atoms with van der Waals surface area (Å²) in [6.45, 7) is 7.21. The number of carbonyl (C=O) groups excluding carboxylic acids is 4. The van der Waals surface area contributed by atoms with E-state index in [1.54, 1.807) is 51.3 Å². The maximum atomic E-state index is 13.8. The van der Waals surface area contributed by atoms with Crippen LogP contribution in [0.15, 0.2) is 65.1 Å². The summed E-state index contributed by atoms with van der Waals surface area (Å²) in [6, 6.07) is 11.8. The quantitative estimate of drug-likeness (QED) is 0.0396. The van der Waals surface area contributed by atoms with Gasteiger partial charge >= 0.3 is 6.09 Å². The molecule has 0 bridgehead atoms. The van der Waals surface area contributed by atoms with Gasteiger partial charge in [0.15, 0.2) is 0 Å². The van der Waals surface area contributed by atoms with Crippen molar-refractivity contribution >= 4 is 41.0 Å². The molecular formula is C36H41FN8O7S. The summed E-state index contributed by atoms with van der Waals surface area (Å²) >= 11 is 1.30. The number of benzene rings is 2. The van der Waals surface area contributed by atoms with E-state index in [0.29, 0.717) is 29.9 Å². The molecule has 1 aliphatic carbocycles. The van der Waals surface area contributed by atoms with Gasteiger partial charge in [-0.05, 0) is 101 Å². The number of amides is 4. The Morgan fingerprint density at radius 1 is 1.09 bits per heavy atom. The van der Waals surface area contributed by atoms with Crippen LogP contribution in [0.25, 0.3) is 10.4 Å². The predicted molar refractivity (Wildman–Crippen MR) is 193 cm³/mol. The van der Waals surface area contributed by atoms with E-state index in [2.05, 4.69) is 26.0 Å². The van der Waals surface area contributed by atoms with Gasteiger partial charge in [-0.1, -0.05) is 5.11 Å². The number of amidine groups is 1. The zero-order valence-corrected chi connectivity index (χ0v) is 30.5. The Balaban J connectivity index is 1.21. The molecule has 3 aromatic rings. The Bertz CT molecular complexity index is 1890. The van der Waals surface area contributed by atoms with Crippen LogP contribution >= 0.6 is 11.3 Å². The van der Waals surface area contributed by atoms with Crippen LogP contribution in [0.2, 0.25) is 0 Å². The molecule has 5 rings (SSSR count). The Morgan fingerprint density at radius 2 is 1.77 bits per heavy atom. The van der Waals surface area contributed by atoms with Gasteiger partial charge in [0.2, 0.25) is 11.8 Å². The first kappa shape index (κ1) is 38.7. The van der Waals surface area contributed by atoms with Crippen LogP contribution in [-0.2, 0) is 19.1 Å². The van der Waals surface area contributed by atoms with Gasteiger partial charge in [0, 0.05) is 44.3 Å². The number of hydrogen-bond acceptors (Lipinski definition) is 10. The van der Waals surface area contributed by atoms with Crippen molar-refractivity contribution in [3.8, 4) is 11.5 Å². The molecule has 2 fully saturated rings. The minimum absolute atomic E-state index is 0.147. The summed E-state index contributed by atoms with van der Waals surface area (Å²) in [5.41, 5.74) is 8.10. The predicted octanol–water partition coefficient (Wildman–Crippen LogP) is 5.82. The highest BCUT2D eigenvalue weighted by molar-refractivity contribution is 7.10. The number of azide groups is 1. The van der Waals surface area contributed by atoms with Crippen molar-refractivity contribution in [3.05, 3.63) is 92.2 Å². The fraction of sp³-hybridized carbons (Fsp3) is 0.417. The van der Waals surface area contributed by atoms with Crippen LogP contribution < -0.4 is 20.7 Å². The van der Waals surface area contributed by atoms with Crippen molar-refractivity contribution in [3.63, 3.8) is 0 Å². The van der Waals surface area contributed by atoms with Crippen LogP contribution in [0.5, 0.6) is 11.5 Å². The Kier molecular flexibility index (Phi) is 12.0. The van der Waals surface area contributed by atoms with E-state index < -0.39 is 41.0 Å². The van der Waals surface area contributed by atoms with Gasteiger partial charge in [0.05, 0.1) is 25.8 Å². The molecular weight excluding hydrogens is 708 g/mol. The minimum Gasteiger partial charge on any atom is -0.457 e. The summed E-state index contributed by atoms with van der Waals surface area (Å²) in [7, 11) is 0. The van der Waals surface area contributed by atoms with Gasteiger partial charge in [-0.3, -0.25) is 25.1 Å². The number of ether oxygens (including phenoxy) is 3. The summed E-state index contributed by atoms with van der Waals surface area (Å²) in [6.07, 6.45) is 0.205. The van der Waals surface area contributed by atoms with Crippen molar-refractivity contribution in [2.24, 2.45) is 10.5 Å². The van der Waals surface area contributed by atoms with Crippen LogP contribution in [0.3, 0.4) is 0 Å². The molecule has 0 spiro atoms. The van der Waals surface area contributed by atoms with E-state index in [-0.39, 0.29) is 55.5 Å². The monoisotopic (exact) mass is 748 g/mol. The number of fused-ring (bicyclic) bond motifs is 1. The number of nitrogens with zero attached hydrogens (tertiary/aromatic N) is 4. The van der Waals surface area contributed by atoms with Crippen molar-refractivity contribution in [1.29, 1.82) is 5.41 Å². The van der Waals surface area contributed by atoms with Crippen molar-refractivity contribution in [2.45, 2.75) is 64.3 Å². The average molecular weight is 749 g/mol. The van der Waals surface area contributed by atoms with Crippen LogP contribution in [-0.4, -0.2) is 78.5 Å². The lowest BCUT2D eigenvalue weighted by atomic mass is 10.00. The SMILES string of the molecule is C[C@@H](NC(=O)[C@@H]1C[C@]2(COCCN=[N+]=[N-])C[C@@H]2N1C(=O)CNC(=O)c1ccc(Oc2ccc(F)cc2)cc1)c1cc(C(=N)NC(=O)OC(C)(C)C)cs1. The molecule has 17 heteroatoms. The van der Waals surface area contributed by atoms with Gasteiger partial charge in [0.25, 0.3) is 5.91 Å². The number of rotatable bonds is 14. The fourth-order valence-electron chi connectivity index (χ4n) is 6.08. The van der Waals surface area contributed by atoms with E-state index in [1.165, 1.54) is 52.6 Å². The normalized spacial score (nSPS) is 19.2. The first-order chi connectivity index (χ1) is 25.2. The summed E-state index contributed by atoms with van der Waals surface area (Å²) in [4.78, 5) is 57.6. The topological polar surface area (TPSA) is 208 Å². The number of likely N-dealkylation sites (tertiary alicyclic amines) is 1. The van der Waals surface area contributed by atoms with Gasteiger partial charge in [-0.2, -0.15) is 0 Å². The third-order valence-corrected chi connectivity index (χ3v) is 9.80. The summed E-state index contributed by atoms with van der Waals surface area (Å²) in [5.74, 6) is -0.980. The van der Waals surface area contributed by atoms with E-state index >= 15 is 0 Å². The molecule has 1 saturated carbocycles. The standard InChI is InChI=1S/C36H41FN8O7S/c1-21(28-15-23(19-53-28)31(38)43-34(49)52-35(2,3)4)42-33(48)27-16-36(20-50-14-13-41-44-39)17-29(36)45(27)30(46)18-40-32(47)22-5-9-25(10-6-22)51-26-11-7-24(37)8-12-26/h5-12,15,19,21,27,29H,13-14,16-18,20H2,1-4H3,(H,40,47)(H,42,48)(H2,38,43,49)/t21-,27+,29+,36-/m1/s1. The second-order valence-corrected chi connectivity index (χ2v) is 14.8. The Morgan fingerprint density at radius 3 is 2.43 bits per heavy atom. The summed E-state index contributed by atoms with van der Waals surface area (Å²) < 4.78 is 29.9. The maximum absolute atomic E-state index is 13.8. The molecule has 4 N–H and O–H groups in total. The highest BCUT2D eigenvalue weighted by atomic mass is 32.1. The zero-order chi connectivity index (χ0) is 38.3. The third-order valence-electron chi connectivity index (χ3n) is 8.68. The molecule has 2 aromatic carbocycles. The van der Waals surface area contributed by atoms with Crippen molar-refractivity contribution < 1.29 is 37.8 Å². The molecule has 2 heterocycles. The molecule has 15 nitrogen and oxygen atoms in total. The molecule has 0 unspecified atom stereocenters. The Labute approximate surface area is 309 Å². The van der Waals surface area contributed by atoms with E-state index in [9.17, 15) is 23.6 Å². The minimum atomic E-state index is -0.837. The molecule has 4 amide bonds. The van der Waals surface area contributed by atoms with E-state index in [4.69, 9.17) is 25.2 Å². The number of alkyl carbamates (subject to hydrolysis) is 1. The van der Waals surface area contributed by atoms with Gasteiger partial charge < -0.3 is 29.7 Å². The second kappa shape index (κ2) is 16.4.